The van der Waals surface area contributed by atoms with Crippen LogP contribution in [-0.4, -0.2) is 14.5 Å². The van der Waals surface area contributed by atoms with E-state index in [1.165, 1.54) is 0 Å². The summed E-state index contributed by atoms with van der Waals surface area (Å²) >= 11 is 7.89. The van der Waals surface area contributed by atoms with Gasteiger partial charge < -0.3 is 4.98 Å². The van der Waals surface area contributed by atoms with Crippen molar-refractivity contribution in [3.05, 3.63) is 136 Å². The average molecular weight is 494 g/mol. The highest BCUT2D eigenvalue weighted by Gasteiger charge is 2.22. The van der Waals surface area contributed by atoms with Gasteiger partial charge in [-0.15, -0.1) is 0 Å². The summed E-state index contributed by atoms with van der Waals surface area (Å²) in [5, 5.41) is 2.03. The fourth-order valence-electron chi connectivity index (χ4n) is 4.35. The van der Waals surface area contributed by atoms with Crippen molar-refractivity contribution in [2.45, 2.75) is 10.4 Å². The van der Waals surface area contributed by atoms with Crippen molar-refractivity contribution >= 4 is 45.3 Å². The highest BCUT2D eigenvalue weighted by molar-refractivity contribution is 7.99. The first kappa shape index (κ1) is 21.7. The zero-order chi connectivity index (χ0) is 23.8. The Morgan fingerprint density at radius 2 is 1.46 bits per heavy atom. The molecule has 0 saturated carbocycles. The minimum Gasteiger partial charge on any atom is -0.349 e. The first-order valence-electron chi connectivity index (χ1n) is 11.2. The molecule has 6 heteroatoms. The third-order valence-corrected chi connectivity index (χ3v) is 7.49. The Labute approximate surface area is 211 Å². The molecule has 35 heavy (non-hydrogen) atoms. The molecule has 4 aromatic carbocycles. The molecule has 0 amide bonds. The Morgan fingerprint density at radius 1 is 0.800 bits per heavy atom. The van der Waals surface area contributed by atoms with Gasteiger partial charge in [-0.25, -0.2) is 4.98 Å². The van der Waals surface area contributed by atoms with Crippen molar-refractivity contribution in [2.75, 3.05) is 0 Å². The Bertz CT molecular complexity index is 1670. The van der Waals surface area contributed by atoms with Gasteiger partial charge in [-0.1, -0.05) is 108 Å². The molecule has 0 aliphatic rings. The summed E-state index contributed by atoms with van der Waals surface area (Å²) in [6, 6.07) is 35.8. The number of para-hydroxylation sites is 1. The molecule has 0 unspecified atom stereocenters. The lowest BCUT2D eigenvalue weighted by Gasteiger charge is -2.20. The highest BCUT2D eigenvalue weighted by Crippen LogP contribution is 2.40. The van der Waals surface area contributed by atoms with E-state index in [-0.39, 0.29) is 10.8 Å². The quantitative estimate of drug-likeness (QED) is 0.201. The summed E-state index contributed by atoms with van der Waals surface area (Å²) < 4.78 is 1.66. The number of benzene rings is 4. The standard InChI is InChI=1S/C29H20ClN3OS/c30-21-14-9-15-22(18-21)33-28(34)26-25(23-16-7-8-17-24(23)31-26)32-29(33)35-27(19-10-3-1-4-11-19)20-12-5-2-6-13-20/h1-18,27,31H. The number of nitrogens with zero attached hydrogens (tertiary/aromatic N) is 2. The van der Waals surface area contributed by atoms with Crippen LogP contribution < -0.4 is 5.56 Å². The zero-order valence-corrected chi connectivity index (χ0v) is 20.1. The van der Waals surface area contributed by atoms with Gasteiger partial charge in [0.05, 0.1) is 10.9 Å². The van der Waals surface area contributed by atoms with Gasteiger partial charge >= 0.3 is 0 Å². The predicted molar refractivity (Wildman–Crippen MR) is 145 cm³/mol. The third kappa shape index (κ3) is 4.03. The van der Waals surface area contributed by atoms with Crippen LogP contribution in [0, 0.1) is 0 Å². The van der Waals surface area contributed by atoms with Crippen LogP contribution in [0.3, 0.4) is 0 Å². The topological polar surface area (TPSA) is 50.7 Å². The van der Waals surface area contributed by atoms with Gasteiger partial charge in [0.2, 0.25) is 0 Å². The van der Waals surface area contributed by atoms with E-state index in [0.29, 0.717) is 26.9 Å². The molecule has 6 aromatic rings. The molecule has 0 atom stereocenters. The summed E-state index contributed by atoms with van der Waals surface area (Å²) in [6.07, 6.45) is 0. The number of aromatic nitrogens is 3. The summed E-state index contributed by atoms with van der Waals surface area (Å²) in [5.74, 6) is 0. The van der Waals surface area contributed by atoms with Crippen molar-refractivity contribution in [1.82, 2.24) is 14.5 Å². The van der Waals surface area contributed by atoms with Crippen molar-refractivity contribution in [3.8, 4) is 5.69 Å². The van der Waals surface area contributed by atoms with E-state index in [2.05, 4.69) is 29.2 Å². The monoisotopic (exact) mass is 493 g/mol. The largest absolute Gasteiger partial charge is 0.349 e. The molecule has 0 spiro atoms. The van der Waals surface area contributed by atoms with E-state index in [4.69, 9.17) is 16.6 Å². The molecule has 0 aliphatic carbocycles. The first-order valence-corrected chi connectivity index (χ1v) is 12.5. The molecular weight excluding hydrogens is 474 g/mol. The maximum atomic E-state index is 13.9. The number of H-pyrrole nitrogens is 1. The maximum absolute atomic E-state index is 13.9. The van der Waals surface area contributed by atoms with Crippen LogP contribution >= 0.6 is 23.4 Å². The van der Waals surface area contributed by atoms with Gasteiger partial charge in [0.1, 0.15) is 11.0 Å². The smallest absolute Gasteiger partial charge is 0.283 e. The van der Waals surface area contributed by atoms with E-state index < -0.39 is 0 Å². The fraction of sp³-hybridized carbons (Fsp3) is 0.0345. The molecule has 2 heterocycles. The Hall–Kier alpha value is -3.80. The lowest BCUT2D eigenvalue weighted by Crippen LogP contribution is -2.22. The van der Waals surface area contributed by atoms with Crippen LogP contribution in [0.5, 0.6) is 0 Å². The number of fused-ring (bicyclic) bond motifs is 3. The van der Waals surface area contributed by atoms with E-state index >= 15 is 0 Å². The van der Waals surface area contributed by atoms with Gasteiger partial charge in [0.15, 0.2) is 5.16 Å². The molecule has 2 aromatic heterocycles. The second-order valence-electron chi connectivity index (χ2n) is 8.23. The maximum Gasteiger partial charge on any atom is 0.283 e. The minimum absolute atomic E-state index is 0.0580. The van der Waals surface area contributed by atoms with Crippen LogP contribution in [0.15, 0.2) is 119 Å². The van der Waals surface area contributed by atoms with E-state index in [9.17, 15) is 4.79 Å². The minimum atomic E-state index is -0.157. The summed E-state index contributed by atoms with van der Waals surface area (Å²) in [5.41, 5.74) is 4.82. The summed E-state index contributed by atoms with van der Waals surface area (Å²) in [7, 11) is 0. The Morgan fingerprint density at radius 3 is 2.14 bits per heavy atom. The number of hydrogen-bond acceptors (Lipinski definition) is 3. The number of halogens is 1. The lowest BCUT2D eigenvalue weighted by atomic mass is 10.0. The number of hydrogen-bond donors (Lipinski definition) is 1. The van der Waals surface area contributed by atoms with Gasteiger partial charge in [-0.3, -0.25) is 9.36 Å². The second-order valence-corrected chi connectivity index (χ2v) is 9.74. The zero-order valence-electron chi connectivity index (χ0n) is 18.6. The van der Waals surface area contributed by atoms with Crippen LogP contribution in [0.2, 0.25) is 5.02 Å². The lowest BCUT2D eigenvalue weighted by molar-refractivity contribution is 0.816. The Kier molecular flexibility index (Phi) is 5.64. The molecule has 0 bridgehead atoms. The number of aromatic amines is 1. The van der Waals surface area contributed by atoms with Crippen LogP contribution in [0.1, 0.15) is 16.4 Å². The van der Waals surface area contributed by atoms with Crippen LogP contribution in [-0.2, 0) is 0 Å². The molecule has 1 N–H and O–H groups in total. The molecular formula is C29H20ClN3OS. The van der Waals surface area contributed by atoms with E-state index in [0.717, 1.165) is 22.0 Å². The number of rotatable bonds is 5. The average Bonchev–Trinajstić information content (AvgIpc) is 3.27. The van der Waals surface area contributed by atoms with E-state index in [1.807, 2.05) is 72.8 Å². The van der Waals surface area contributed by atoms with Gasteiger partial charge in [0, 0.05) is 15.9 Å². The summed E-state index contributed by atoms with van der Waals surface area (Å²) in [6.45, 7) is 0. The van der Waals surface area contributed by atoms with Gasteiger partial charge in [0.25, 0.3) is 5.56 Å². The number of thioether (sulfide) groups is 1. The van der Waals surface area contributed by atoms with Crippen LogP contribution in [0.4, 0.5) is 0 Å². The van der Waals surface area contributed by atoms with Crippen molar-refractivity contribution < 1.29 is 0 Å². The molecule has 0 fully saturated rings. The van der Waals surface area contributed by atoms with Gasteiger partial charge in [-0.2, -0.15) is 0 Å². The number of nitrogens with one attached hydrogen (secondary N) is 1. The first-order chi connectivity index (χ1) is 17.2. The molecule has 0 aliphatic heterocycles. The Balaban J connectivity index is 1.62. The fourth-order valence-corrected chi connectivity index (χ4v) is 5.77. The molecule has 4 nitrogen and oxygen atoms in total. The van der Waals surface area contributed by atoms with Crippen molar-refractivity contribution in [3.63, 3.8) is 0 Å². The SMILES string of the molecule is O=c1c2[nH]c3ccccc3c2nc(SC(c2ccccc2)c2ccccc2)n1-c1cccc(Cl)c1. The summed E-state index contributed by atoms with van der Waals surface area (Å²) in [4.78, 5) is 22.3. The molecule has 0 saturated heterocycles. The second kappa shape index (κ2) is 9.10. The molecule has 170 valence electrons. The highest BCUT2D eigenvalue weighted by atomic mass is 35.5. The molecule has 6 rings (SSSR count). The van der Waals surface area contributed by atoms with Crippen molar-refractivity contribution in [1.29, 1.82) is 0 Å². The molecule has 0 radical (unpaired) electrons. The van der Waals surface area contributed by atoms with E-state index in [1.54, 1.807) is 28.5 Å². The third-order valence-electron chi connectivity index (χ3n) is 5.99. The van der Waals surface area contributed by atoms with Crippen LogP contribution in [0.25, 0.3) is 27.6 Å². The van der Waals surface area contributed by atoms with Crippen molar-refractivity contribution in [2.24, 2.45) is 0 Å². The van der Waals surface area contributed by atoms with Gasteiger partial charge in [-0.05, 0) is 35.4 Å². The normalized spacial score (nSPS) is 11.5. The predicted octanol–water partition coefficient (Wildman–Crippen LogP) is 7.40.